The zero-order valence-electron chi connectivity index (χ0n) is 29.8. The Hall–Kier alpha value is -7.43. The first kappa shape index (κ1) is 31.1. The molecular formula is C51H33N3O. The standard InChI is InChI=1S/C51H33N3O/c1-2-10-34(11-3-1)35-19-24-39(25-20-35)53(42-28-30-49-46(33-42)44-17-9-31-52-51(44)55-49)41-14-8-13-38(32-41)36-21-26-40(27-22-36)54-47-18-7-6-16-45(47)50-43-15-5-4-12-37(43)23-29-48(50)54/h1-33H. The largest absolute Gasteiger partial charge is 0.438 e. The molecule has 0 bridgehead atoms. The van der Waals surface area contributed by atoms with E-state index in [0.717, 1.165) is 50.2 Å². The summed E-state index contributed by atoms with van der Waals surface area (Å²) in [5.74, 6) is 0. The number of hydrogen-bond donors (Lipinski definition) is 0. The molecule has 3 aromatic heterocycles. The smallest absolute Gasteiger partial charge is 0.227 e. The van der Waals surface area contributed by atoms with Crippen LogP contribution in [0.4, 0.5) is 17.1 Å². The Kier molecular flexibility index (Phi) is 7.14. The van der Waals surface area contributed by atoms with Crippen LogP contribution >= 0.6 is 0 Å². The minimum atomic E-state index is 0.646. The number of hydrogen-bond acceptors (Lipinski definition) is 3. The molecule has 4 heteroatoms. The van der Waals surface area contributed by atoms with Crippen molar-refractivity contribution < 1.29 is 4.42 Å². The maximum Gasteiger partial charge on any atom is 0.227 e. The van der Waals surface area contributed by atoms with Crippen molar-refractivity contribution in [3.05, 3.63) is 200 Å². The van der Waals surface area contributed by atoms with E-state index in [9.17, 15) is 0 Å². The van der Waals surface area contributed by atoms with Crippen LogP contribution in [0, 0.1) is 0 Å². The predicted octanol–water partition coefficient (Wildman–Crippen LogP) is 14.0. The number of para-hydroxylation sites is 1. The van der Waals surface area contributed by atoms with Crippen molar-refractivity contribution in [2.24, 2.45) is 0 Å². The SMILES string of the molecule is c1ccc(-c2ccc(N(c3cccc(-c4ccc(-n5c6ccccc6c6c7ccccc7ccc65)cc4)c3)c3ccc4oc5ncccc5c4c3)cc2)cc1. The number of benzene rings is 8. The van der Waals surface area contributed by atoms with Gasteiger partial charge in [-0.15, -0.1) is 0 Å². The van der Waals surface area contributed by atoms with Gasteiger partial charge in [-0.2, -0.15) is 0 Å². The molecule has 258 valence electrons. The molecule has 0 amide bonds. The molecule has 0 fully saturated rings. The molecule has 0 N–H and O–H groups in total. The fraction of sp³-hybridized carbons (Fsp3) is 0. The third-order valence-corrected chi connectivity index (χ3v) is 10.8. The number of pyridine rings is 1. The number of furan rings is 1. The second kappa shape index (κ2) is 12.6. The van der Waals surface area contributed by atoms with Crippen LogP contribution in [0.15, 0.2) is 205 Å². The summed E-state index contributed by atoms with van der Waals surface area (Å²) in [6.07, 6.45) is 1.77. The summed E-state index contributed by atoms with van der Waals surface area (Å²) in [6.45, 7) is 0. The molecule has 0 spiro atoms. The fourth-order valence-electron chi connectivity index (χ4n) is 8.26. The molecular weight excluding hydrogens is 671 g/mol. The molecule has 11 rings (SSSR count). The number of nitrogens with zero attached hydrogens (tertiary/aromatic N) is 3. The Labute approximate surface area is 317 Å². The zero-order valence-corrected chi connectivity index (χ0v) is 29.8. The number of aromatic nitrogens is 2. The van der Waals surface area contributed by atoms with E-state index in [1.165, 1.54) is 43.7 Å². The highest BCUT2D eigenvalue weighted by atomic mass is 16.3. The lowest BCUT2D eigenvalue weighted by atomic mass is 10.0. The zero-order chi connectivity index (χ0) is 36.3. The first-order valence-electron chi connectivity index (χ1n) is 18.6. The number of anilines is 3. The van der Waals surface area contributed by atoms with Gasteiger partial charge in [-0.25, -0.2) is 4.98 Å². The van der Waals surface area contributed by atoms with Gasteiger partial charge in [0.2, 0.25) is 5.71 Å². The van der Waals surface area contributed by atoms with Gasteiger partial charge in [0.05, 0.1) is 11.0 Å². The van der Waals surface area contributed by atoms with Crippen molar-refractivity contribution >= 4 is 71.7 Å². The molecule has 0 saturated heterocycles. The molecule has 4 nitrogen and oxygen atoms in total. The van der Waals surface area contributed by atoms with Gasteiger partial charge in [0, 0.05) is 50.5 Å². The second-order valence-corrected chi connectivity index (χ2v) is 14.0. The van der Waals surface area contributed by atoms with Crippen LogP contribution in [-0.2, 0) is 0 Å². The Morgan fingerprint density at radius 3 is 1.96 bits per heavy atom. The van der Waals surface area contributed by atoms with Crippen LogP contribution in [0.3, 0.4) is 0 Å². The highest BCUT2D eigenvalue weighted by Crippen LogP contribution is 2.41. The van der Waals surface area contributed by atoms with E-state index in [2.05, 4.69) is 203 Å². The van der Waals surface area contributed by atoms with Crippen molar-refractivity contribution in [3.8, 4) is 27.9 Å². The molecule has 0 unspecified atom stereocenters. The minimum absolute atomic E-state index is 0.646. The van der Waals surface area contributed by atoms with E-state index in [0.29, 0.717) is 5.71 Å². The van der Waals surface area contributed by atoms with Gasteiger partial charge in [-0.05, 0) is 112 Å². The molecule has 3 heterocycles. The summed E-state index contributed by atoms with van der Waals surface area (Å²) in [5.41, 5.74) is 12.9. The van der Waals surface area contributed by atoms with Crippen LogP contribution in [0.5, 0.6) is 0 Å². The lowest BCUT2D eigenvalue weighted by molar-refractivity contribution is 0.654. The van der Waals surface area contributed by atoms with Crippen LogP contribution < -0.4 is 4.90 Å². The Balaban J connectivity index is 1.01. The van der Waals surface area contributed by atoms with Crippen molar-refractivity contribution in [1.29, 1.82) is 0 Å². The van der Waals surface area contributed by atoms with Crippen molar-refractivity contribution in [1.82, 2.24) is 9.55 Å². The van der Waals surface area contributed by atoms with Gasteiger partial charge in [-0.3, -0.25) is 0 Å². The number of rotatable bonds is 6. The van der Waals surface area contributed by atoms with Crippen LogP contribution in [-0.4, -0.2) is 9.55 Å². The quantitative estimate of drug-likeness (QED) is 0.173. The highest BCUT2D eigenvalue weighted by molar-refractivity contribution is 6.21. The normalized spacial score (nSPS) is 11.6. The monoisotopic (exact) mass is 703 g/mol. The topological polar surface area (TPSA) is 34.2 Å². The molecule has 0 aliphatic heterocycles. The van der Waals surface area contributed by atoms with E-state index in [-0.39, 0.29) is 0 Å². The summed E-state index contributed by atoms with van der Waals surface area (Å²) >= 11 is 0. The summed E-state index contributed by atoms with van der Waals surface area (Å²) in [5, 5.41) is 7.13. The van der Waals surface area contributed by atoms with Crippen molar-refractivity contribution in [2.75, 3.05) is 4.90 Å². The van der Waals surface area contributed by atoms with Gasteiger partial charge in [-0.1, -0.05) is 115 Å². The van der Waals surface area contributed by atoms with Gasteiger partial charge in [0.15, 0.2) is 0 Å². The van der Waals surface area contributed by atoms with Gasteiger partial charge < -0.3 is 13.9 Å². The highest BCUT2D eigenvalue weighted by Gasteiger charge is 2.18. The summed E-state index contributed by atoms with van der Waals surface area (Å²) < 4.78 is 8.50. The van der Waals surface area contributed by atoms with Crippen LogP contribution in [0.1, 0.15) is 0 Å². The van der Waals surface area contributed by atoms with E-state index < -0.39 is 0 Å². The molecule has 11 aromatic rings. The summed E-state index contributed by atoms with van der Waals surface area (Å²) in [6, 6.07) is 69.4. The average Bonchev–Trinajstić information content (AvgIpc) is 3.80. The molecule has 0 aliphatic carbocycles. The van der Waals surface area contributed by atoms with E-state index >= 15 is 0 Å². The van der Waals surface area contributed by atoms with Crippen molar-refractivity contribution in [2.45, 2.75) is 0 Å². The Bertz CT molecular complexity index is 3190. The first-order chi connectivity index (χ1) is 27.3. The average molecular weight is 704 g/mol. The third-order valence-electron chi connectivity index (χ3n) is 10.8. The lowest BCUT2D eigenvalue weighted by Crippen LogP contribution is -2.10. The second-order valence-electron chi connectivity index (χ2n) is 14.0. The maximum atomic E-state index is 6.11. The van der Waals surface area contributed by atoms with Gasteiger partial charge >= 0.3 is 0 Å². The third kappa shape index (κ3) is 5.19. The molecule has 0 aliphatic rings. The maximum absolute atomic E-state index is 6.11. The molecule has 8 aromatic carbocycles. The van der Waals surface area contributed by atoms with Gasteiger partial charge in [0.25, 0.3) is 0 Å². The van der Waals surface area contributed by atoms with Crippen molar-refractivity contribution in [3.63, 3.8) is 0 Å². The molecule has 0 saturated carbocycles. The van der Waals surface area contributed by atoms with E-state index in [4.69, 9.17) is 4.42 Å². The molecule has 0 atom stereocenters. The lowest BCUT2D eigenvalue weighted by Gasteiger charge is -2.26. The fourth-order valence-corrected chi connectivity index (χ4v) is 8.26. The van der Waals surface area contributed by atoms with Crippen LogP contribution in [0.25, 0.3) is 82.6 Å². The predicted molar refractivity (Wildman–Crippen MR) is 229 cm³/mol. The summed E-state index contributed by atoms with van der Waals surface area (Å²) in [4.78, 5) is 6.80. The first-order valence-corrected chi connectivity index (χ1v) is 18.6. The minimum Gasteiger partial charge on any atom is -0.438 e. The Morgan fingerprint density at radius 1 is 0.418 bits per heavy atom. The Morgan fingerprint density at radius 2 is 1.09 bits per heavy atom. The summed E-state index contributed by atoms with van der Waals surface area (Å²) in [7, 11) is 0. The van der Waals surface area contributed by atoms with E-state index in [1.807, 2.05) is 6.07 Å². The van der Waals surface area contributed by atoms with Crippen LogP contribution in [0.2, 0.25) is 0 Å². The number of fused-ring (bicyclic) bond motifs is 8. The van der Waals surface area contributed by atoms with E-state index in [1.54, 1.807) is 6.20 Å². The molecule has 0 radical (unpaired) electrons. The van der Waals surface area contributed by atoms with Gasteiger partial charge in [0.1, 0.15) is 5.58 Å². The molecule has 55 heavy (non-hydrogen) atoms.